The summed E-state index contributed by atoms with van der Waals surface area (Å²) in [4.78, 5) is 25.3. The van der Waals surface area contributed by atoms with E-state index < -0.39 is 11.7 Å². The molecule has 0 fully saturated rings. The molecule has 0 bridgehead atoms. The maximum absolute atomic E-state index is 13.3. The largest absolute Gasteiger partial charge is 0.322 e. The number of halogens is 1. The van der Waals surface area contributed by atoms with E-state index in [4.69, 9.17) is 0 Å². The van der Waals surface area contributed by atoms with Gasteiger partial charge in [-0.2, -0.15) is 4.68 Å². The first kappa shape index (κ1) is 18.9. The number of anilines is 2. The van der Waals surface area contributed by atoms with Crippen LogP contribution in [0.2, 0.25) is 0 Å². The monoisotopic (exact) mass is 402 g/mol. The third-order valence-corrected chi connectivity index (χ3v) is 4.21. The quantitative estimate of drug-likeness (QED) is 0.533. The number of para-hydroxylation sites is 1. The maximum Gasteiger partial charge on any atom is 0.257 e. The summed E-state index contributed by atoms with van der Waals surface area (Å²) in [5.74, 6) is -1.26. The summed E-state index contributed by atoms with van der Waals surface area (Å²) in [6.45, 7) is 0. The molecule has 0 saturated carbocycles. The molecule has 148 valence electrons. The second-order valence-corrected chi connectivity index (χ2v) is 6.27. The minimum absolute atomic E-state index is 0.311. The smallest absolute Gasteiger partial charge is 0.257 e. The van der Waals surface area contributed by atoms with E-state index in [1.54, 1.807) is 48.5 Å². The van der Waals surface area contributed by atoms with Gasteiger partial charge < -0.3 is 10.6 Å². The molecule has 0 aliphatic heterocycles. The number of aromatic nitrogens is 4. The molecule has 4 aromatic rings. The van der Waals surface area contributed by atoms with Crippen LogP contribution in [0.25, 0.3) is 5.69 Å². The van der Waals surface area contributed by atoms with Crippen molar-refractivity contribution in [3.63, 3.8) is 0 Å². The summed E-state index contributed by atoms with van der Waals surface area (Å²) in [5, 5.41) is 16.4. The van der Waals surface area contributed by atoms with E-state index in [0.717, 1.165) is 0 Å². The Morgan fingerprint density at radius 3 is 2.33 bits per heavy atom. The molecule has 0 radical (unpaired) electrons. The molecule has 0 saturated heterocycles. The topological polar surface area (TPSA) is 102 Å². The fraction of sp³-hybridized carbons (Fsp3) is 0. The van der Waals surface area contributed by atoms with Crippen LogP contribution in [-0.4, -0.2) is 32.0 Å². The van der Waals surface area contributed by atoms with Gasteiger partial charge in [0.15, 0.2) is 0 Å². The van der Waals surface area contributed by atoms with E-state index in [2.05, 4.69) is 26.2 Å². The van der Waals surface area contributed by atoms with Gasteiger partial charge in [0.2, 0.25) is 0 Å². The van der Waals surface area contributed by atoms with Gasteiger partial charge in [0, 0.05) is 16.9 Å². The van der Waals surface area contributed by atoms with E-state index in [-0.39, 0.29) is 5.91 Å². The number of tetrazole rings is 1. The molecule has 0 aliphatic rings. The zero-order chi connectivity index (χ0) is 20.9. The molecule has 2 amide bonds. The highest BCUT2D eigenvalue weighted by atomic mass is 19.1. The van der Waals surface area contributed by atoms with Gasteiger partial charge >= 0.3 is 0 Å². The van der Waals surface area contributed by atoms with Crippen molar-refractivity contribution >= 4 is 23.2 Å². The standard InChI is InChI=1S/C21H15FN6O2/c22-15-6-4-8-17(12-15)24-20(29)14-5-3-7-16(11-14)25-21(30)18-9-1-2-10-19(18)28-13-23-26-27-28/h1-13H,(H,24,29)(H,25,30). The van der Waals surface area contributed by atoms with Crippen LogP contribution in [0.5, 0.6) is 0 Å². The summed E-state index contributed by atoms with van der Waals surface area (Å²) in [6.07, 6.45) is 1.39. The molecule has 2 N–H and O–H groups in total. The highest BCUT2D eigenvalue weighted by Gasteiger charge is 2.14. The van der Waals surface area contributed by atoms with Gasteiger partial charge in [-0.05, 0) is 59.0 Å². The Kier molecular flexibility index (Phi) is 5.25. The Balaban J connectivity index is 1.53. The summed E-state index contributed by atoms with van der Waals surface area (Å²) in [7, 11) is 0. The molecule has 30 heavy (non-hydrogen) atoms. The van der Waals surface area contributed by atoms with Crippen molar-refractivity contribution in [1.82, 2.24) is 20.2 Å². The first-order chi connectivity index (χ1) is 14.6. The first-order valence-corrected chi connectivity index (χ1v) is 8.91. The molecule has 4 rings (SSSR count). The summed E-state index contributed by atoms with van der Waals surface area (Å²) < 4.78 is 14.7. The van der Waals surface area contributed by atoms with E-state index in [1.807, 2.05) is 0 Å². The molecule has 0 atom stereocenters. The Morgan fingerprint density at radius 1 is 0.833 bits per heavy atom. The lowest BCUT2D eigenvalue weighted by atomic mass is 10.1. The number of hydrogen-bond donors (Lipinski definition) is 2. The van der Waals surface area contributed by atoms with Gasteiger partial charge in [-0.1, -0.05) is 24.3 Å². The normalized spacial score (nSPS) is 10.4. The van der Waals surface area contributed by atoms with Crippen LogP contribution in [-0.2, 0) is 0 Å². The van der Waals surface area contributed by atoms with Crippen LogP contribution in [0.3, 0.4) is 0 Å². The van der Waals surface area contributed by atoms with Crippen LogP contribution >= 0.6 is 0 Å². The Morgan fingerprint density at radius 2 is 1.57 bits per heavy atom. The number of hydrogen-bond acceptors (Lipinski definition) is 5. The third-order valence-electron chi connectivity index (χ3n) is 4.21. The van der Waals surface area contributed by atoms with Gasteiger partial charge in [-0.3, -0.25) is 9.59 Å². The molecular formula is C21H15FN6O2. The average Bonchev–Trinajstić information content (AvgIpc) is 3.29. The maximum atomic E-state index is 13.3. The molecule has 8 nitrogen and oxygen atoms in total. The Hall–Kier alpha value is -4.40. The van der Waals surface area contributed by atoms with Gasteiger partial charge in [0.05, 0.1) is 11.3 Å². The fourth-order valence-corrected chi connectivity index (χ4v) is 2.84. The summed E-state index contributed by atoms with van der Waals surface area (Å²) >= 11 is 0. The minimum atomic E-state index is -0.449. The van der Waals surface area contributed by atoms with Gasteiger partial charge in [0.1, 0.15) is 12.1 Å². The van der Waals surface area contributed by atoms with Crippen molar-refractivity contribution in [2.45, 2.75) is 0 Å². The number of carbonyl (C=O) groups excluding carboxylic acids is 2. The molecular weight excluding hydrogens is 387 g/mol. The number of nitrogens with one attached hydrogen (secondary N) is 2. The molecule has 1 aromatic heterocycles. The summed E-state index contributed by atoms with van der Waals surface area (Å²) in [5.41, 5.74) is 1.95. The van der Waals surface area contributed by atoms with E-state index >= 15 is 0 Å². The lowest BCUT2D eigenvalue weighted by Gasteiger charge is -2.11. The highest BCUT2D eigenvalue weighted by molar-refractivity contribution is 6.08. The zero-order valence-corrected chi connectivity index (χ0v) is 15.5. The lowest BCUT2D eigenvalue weighted by Crippen LogP contribution is -2.16. The van der Waals surface area contributed by atoms with Crippen molar-refractivity contribution in [3.8, 4) is 5.69 Å². The SMILES string of the molecule is O=C(Nc1cccc(F)c1)c1cccc(NC(=O)c2ccccc2-n2cnnn2)c1. The predicted octanol–water partition coefficient (Wildman–Crippen LogP) is 3.31. The van der Waals surface area contributed by atoms with Crippen molar-refractivity contribution < 1.29 is 14.0 Å². The van der Waals surface area contributed by atoms with Crippen LogP contribution in [0.15, 0.2) is 79.1 Å². The molecule has 1 heterocycles. The van der Waals surface area contributed by atoms with Crippen LogP contribution < -0.4 is 10.6 Å². The van der Waals surface area contributed by atoms with Crippen molar-refractivity contribution in [3.05, 3.63) is 96.1 Å². The highest BCUT2D eigenvalue weighted by Crippen LogP contribution is 2.18. The molecule has 3 aromatic carbocycles. The average molecular weight is 402 g/mol. The number of rotatable bonds is 5. The Bertz CT molecular complexity index is 1210. The lowest BCUT2D eigenvalue weighted by molar-refractivity contribution is 0.101. The van der Waals surface area contributed by atoms with Crippen LogP contribution in [0.1, 0.15) is 20.7 Å². The Labute approximate surface area is 170 Å². The fourth-order valence-electron chi connectivity index (χ4n) is 2.84. The van der Waals surface area contributed by atoms with Crippen molar-refractivity contribution in [2.75, 3.05) is 10.6 Å². The van der Waals surface area contributed by atoms with Crippen LogP contribution in [0, 0.1) is 5.82 Å². The molecule has 0 aliphatic carbocycles. The number of amides is 2. The number of benzene rings is 3. The minimum Gasteiger partial charge on any atom is -0.322 e. The zero-order valence-electron chi connectivity index (χ0n) is 15.5. The van der Waals surface area contributed by atoms with Gasteiger partial charge in [0.25, 0.3) is 11.8 Å². The second kappa shape index (κ2) is 8.31. The van der Waals surface area contributed by atoms with Gasteiger partial charge in [-0.25, -0.2) is 4.39 Å². The van der Waals surface area contributed by atoms with Crippen LogP contribution in [0.4, 0.5) is 15.8 Å². The number of carbonyl (C=O) groups is 2. The molecule has 0 spiro atoms. The first-order valence-electron chi connectivity index (χ1n) is 8.91. The third kappa shape index (κ3) is 4.20. The molecule has 0 unspecified atom stereocenters. The van der Waals surface area contributed by atoms with E-state index in [9.17, 15) is 14.0 Å². The predicted molar refractivity (Wildman–Crippen MR) is 108 cm³/mol. The number of nitrogens with zero attached hydrogens (tertiary/aromatic N) is 4. The van der Waals surface area contributed by atoms with Gasteiger partial charge in [-0.15, -0.1) is 5.10 Å². The van der Waals surface area contributed by atoms with E-state index in [1.165, 1.54) is 35.3 Å². The summed E-state index contributed by atoms with van der Waals surface area (Å²) in [6, 6.07) is 18.9. The van der Waals surface area contributed by atoms with Crippen molar-refractivity contribution in [1.29, 1.82) is 0 Å². The van der Waals surface area contributed by atoms with Crippen molar-refractivity contribution in [2.24, 2.45) is 0 Å². The second-order valence-electron chi connectivity index (χ2n) is 6.27. The van der Waals surface area contributed by atoms with E-state index in [0.29, 0.717) is 28.2 Å². The molecule has 9 heteroatoms.